The average molecular weight is 372 g/mol. The summed E-state index contributed by atoms with van der Waals surface area (Å²) in [5.41, 5.74) is 0.951. The summed E-state index contributed by atoms with van der Waals surface area (Å²) in [6.07, 6.45) is -0.0677. The molecule has 1 aliphatic rings. The number of nitrogens with one attached hydrogen (secondary N) is 1. The number of amides is 1. The zero-order valence-electron chi connectivity index (χ0n) is 11.9. The monoisotopic (exact) mass is 370 g/mol. The van der Waals surface area contributed by atoms with Crippen molar-refractivity contribution in [3.63, 3.8) is 0 Å². The minimum Gasteiger partial charge on any atom is -0.374 e. The van der Waals surface area contributed by atoms with Gasteiger partial charge in [0.2, 0.25) is 5.91 Å². The molecule has 8 heteroatoms. The van der Waals surface area contributed by atoms with E-state index in [4.69, 9.17) is 27.9 Å². The Kier molecular flexibility index (Phi) is 8.43. The first kappa shape index (κ1) is 19.5. The van der Waals surface area contributed by atoms with Crippen molar-refractivity contribution in [1.82, 2.24) is 10.2 Å². The van der Waals surface area contributed by atoms with Gasteiger partial charge in [0.15, 0.2) is 0 Å². The summed E-state index contributed by atoms with van der Waals surface area (Å²) >= 11 is 11.2. The SMILES string of the molecule is Cl.O=C(CCl)NC[C@H]1CN(Cc2ccc(F)c(Cl)c2)CCO1. The molecule has 0 aromatic heterocycles. The van der Waals surface area contributed by atoms with Crippen LogP contribution in [-0.4, -0.2) is 49.0 Å². The predicted octanol–water partition coefficient (Wildman–Crippen LogP) is 2.46. The van der Waals surface area contributed by atoms with E-state index >= 15 is 0 Å². The summed E-state index contributed by atoms with van der Waals surface area (Å²) in [6, 6.07) is 4.73. The van der Waals surface area contributed by atoms with Crippen LogP contribution in [0.4, 0.5) is 4.39 Å². The highest BCUT2D eigenvalue weighted by atomic mass is 35.5. The van der Waals surface area contributed by atoms with Crippen LogP contribution in [0, 0.1) is 5.82 Å². The molecule has 1 atom stereocenters. The Morgan fingerprint density at radius 3 is 2.95 bits per heavy atom. The van der Waals surface area contributed by atoms with Crippen molar-refractivity contribution in [2.45, 2.75) is 12.6 Å². The van der Waals surface area contributed by atoms with Gasteiger partial charge in [-0.05, 0) is 17.7 Å². The minimum atomic E-state index is -0.413. The highest BCUT2D eigenvalue weighted by Gasteiger charge is 2.21. The second-order valence-electron chi connectivity index (χ2n) is 4.91. The molecule has 124 valence electrons. The fraction of sp³-hybridized carbons (Fsp3) is 0.500. The molecule has 1 N–H and O–H groups in total. The molecule has 1 aromatic carbocycles. The van der Waals surface area contributed by atoms with Crippen LogP contribution in [0.15, 0.2) is 18.2 Å². The molecule has 4 nitrogen and oxygen atoms in total. The number of ether oxygens (including phenoxy) is 1. The summed E-state index contributed by atoms with van der Waals surface area (Å²) in [6.45, 7) is 3.18. The highest BCUT2D eigenvalue weighted by Crippen LogP contribution is 2.18. The van der Waals surface area contributed by atoms with Crippen molar-refractivity contribution in [3.05, 3.63) is 34.6 Å². The Labute approximate surface area is 145 Å². The van der Waals surface area contributed by atoms with Gasteiger partial charge in [0.25, 0.3) is 0 Å². The van der Waals surface area contributed by atoms with Crippen molar-refractivity contribution < 1.29 is 13.9 Å². The number of benzene rings is 1. The third kappa shape index (κ3) is 5.89. The van der Waals surface area contributed by atoms with Crippen LogP contribution in [0.1, 0.15) is 5.56 Å². The highest BCUT2D eigenvalue weighted by molar-refractivity contribution is 6.30. The standard InChI is InChI=1S/C14H17Cl2FN2O2.ClH/c15-6-14(20)18-7-11-9-19(3-4-21-11)8-10-1-2-13(17)12(16)5-10;/h1-2,5,11H,3-4,6-9H2,(H,18,20);1H/t11-;/m0./s1. The Morgan fingerprint density at radius 1 is 1.50 bits per heavy atom. The number of hydrogen-bond acceptors (Lipinski definition) is 3. The molecule has 1 saturated heterocycles. The van der Waals surface area contributed by atoms with Gasteiger partial charge in [0, 0.05) is 26.2 Å². The van der Waals surface area contributed by atoms with Crippen LogP contribution in [0.25, 0.3) is 0 Å². The van der Waals surface area contributed by atoms with E-state index in [2.05, 4.69) is 10.2 Å². The molecule has 0 saturated carbocycles. The van der Waals surface area contributed by atoms with E-state index in [-0.39, 0.29) is 35.3 Å². The van der Waals surface area contributed by atoms with Gasteiger partial charge in [0.1, 0.15) is 11.7 Å². The van der Waals surface area contributed by atoms with Gasteiger partial charge in [-0.25, -0.2) is 4.39 Å². The number of hydrogen-bond donors (Lipinski definition) is 1. The molecule has 1 aliphatic heterocycles. The molecule has 0 aliphatic carbocycles. The number of alkyl halides is 1. The van der Waals surface area contributed by atoms with Gasteiger partial charge in [-0.15, -0.1) is 24.0 Å². The van der Waals surface area contributed by atoms with Crippen molar-refractivity contribution in [2.75, 3.05) is 32.1 Å². The number of halogens is 4. The zero-order chi connectivity index (χ0) is 15.2. The van der Waals surface area contributed by atoms with Gasteiger partial charge < -0.3 is 10.1 Å². The first-order chi connectivity index (χ1) is 10.1. The number of morpholine rings is 1. The molecule has 0 radical (unpaired) electrons. The molecule has 0 spiro atoms. The largest absolute Gasteiger partial charge is 0.374 e. The predicted molar refractivity (Wildman–Crippen MR) is 87.4 cm³/mol. The fourth-order valence-corrected chi connectivity index (χ4v) is 2.52. The van der Waals surface area contributed by atoms with Crippen LogP contribution >= 0.6 is 35.6 Å². The molecule has 1 heterocycles. The minimum absolute atomic E-state index is 0. The van der Waals surface area contributed by atoms with Crippen LogP contribution in [0.2, 0.25) is 5.02 Å². The molecular weight excluding hydrogens is 354 g/mol. The number of carbonyl (C=O) groups excluding carboxylic acids is 1. The number of rotatable bonds is 5. The molecule has 0 unspecified atom stereocenters. The molecule has 1 amide bonds. The van der Waals surface area contributed by atoms with Gasteiger partial charge in [-0.1, -0.05) is 17.7 Å². The van der Waals surface area contributed by atoms with Crippen LogP contribution in [0.5, 0.6) is 0 Å². The fourth-order valence-electron chi connectivity index (χ4n) is 2.22. The summed E-state index contributed by atoms with van der Waals surface area (Å²) in [5, 5.41) is 2.84. The number of carbonyl (C=O) groups is 1. The number of nitrogens with zero attached hydrogens (tertiary/aromatic N) is 1. The van der Waals surface area contributed by atoms with Crippen molar-refractivity contribution in [3.8, 4) is 0 Å². The van der Waals surface area contributed by atoms with E-state index in [9.17, 15) is 9.18 Å². The maximum Gasteiger partial charge on any atom is 0.235 e. The summed E-state index contributed by atoms with van der Waals surface area (Å²) < 4.78 is 18.7. The third-order valence-electron chi connectivity index (χ3n) is 3.26. The Balaban J connectivity index is 0.00000242. The first-order valence-corrected chi connectivity index (χ1v) is 7.60. The normalized spacial score (nSPS) is 18.6. The quantitative estimate of drug-likeness (QED) is 0.809. The van der Waals surface area contributed by atoms with Crippen molar-refractivity contribution in [2.24, 2.45) is 0 Å². The second kappa shape index (κ2) is 9.53. The van der Waals surface area contributed by atoms with Crippen molar-refractivity contribution in [1.29, 1.82) is 0 Å². The van der Waals surface area contributed by atoms with E-state index in [1.165, 1.54) is 6.07 Å². The molecule has 22 heavy (non-hydrogen) atoms. The maximum absolute atomic E-state index is 13.1. The Bertz CT molecular complexity index is 505. The molecule has 1 aromatic rings. The van der Waals surface area contributed by atoms with Gasteiger partial charge in [-0.3, -0.25) is 9.69 Å². The second-order valence-corrected chi connectivity index (χ2v) is 5.59. The Morgan fingerprint density at radius 2 is 2.27 bits per heavy atom. The average Bonchev–Trinajstić information content (AvgIpc) is 2.49. The first-order valence-electron chi connectivity index (χ1n) is 6.69. The van der Waals surface area contributed by atoms with E-state index in [0.717, 1.165) is 12.1 Å². The van der Waals surface area contributed by atoms with Crippen molar-refractivity contribution >= 4 is 41.5 Å². The lowest BCUT2D eigenvalue weighted by molar-refractivity contribution is -0.119. The molecule has 0 bridgehead atoms. The summed E-state index contributed by atoms with van der Waals surface area (Å²) in [5.74, 6) is -0.670. The van der Waals surface area contributed by atoms with Crippen LogP contribution < -0.4 is 5.32 Å². The summed E-state index contributed by atoms with van der Waals surface area (Å²) in [4.78, 5) is 13.3. The summed E-state index contributed by atoms with van der Waals surface area (Å²) in [7, 11) is 0. The van der Waals surface area contributed by atoms with E-state index in [0.29, 0.717) is 26.2 Å². The van der Waals surface area contributed by atoms with E-state index in [1.54, 1.807) is 12.1 Å². The van der Waals surface area contributed by atoms with Gasteiger partial charge in [0.05, 0.1) is 17.7 Å². The lowest BCUT2D eigenvalue weighted by Crippen LogP contribution is -2.47. The van der Waals surface area contributed by atoms with Gasteiger partial charge >= 0.3 is 0 Å². The van der Waals surface area contributed by atoms with Crippen LogP contribution in [-0.2, 0) is 16.1 Å². The lowest BCUT2D eigenvalue weighted by Gasteiger charge is -2.33. The topological polar surface area (TPSA) is 41.6 Å². The smallest absolute Gasteiger partial charge is 0.235 e. The molecule has 1 fully saturated rings. The Hall–Kier alpha value is -0.590. The van der Waals surface area contributed by atoms with E-state index in [1.807, 2.05) is 0 Å². The van der Waals surface area contributed by atoms with E-state index < -0.39 is 5.82 Å². The molecule has 2 rings (SSSR count). The third-order valence-corrected chi connectivity index (χ3v) is 3.79. The van der Waals surface area contributed by atoms with Gasteiger partial charge in [-0.2, -0.15) is 0 Å². The lowest BCUT2D eigenvalue weighted by atomic mass is 10.2. The maximum atomic E-state index is 13.1. The zero-order valence-corrected chi connectivity index (χ0v) is 14.2. The van der Waals surface area contributed by atoms with Crippen LogP contribution in [0.3, 0.4) is 0 Å². The molecular formula is C14H18Cl3FN2O2.